The number of carbonyl (C=O) groups excluding carboxylic acids is 4. The summed E-state index contributed by atoms with van der Waals surface area (Å²) < 4.78 is 9.07. The first-order valence-corrected chi connectivity index (χ1v) is 7.02. The SMILES string of the molecule is O=C1OC(=O)c2cc(C=Cc3ccc4c(c3)C(=O)OC4=O)ccc21. The molecule has 2 heterocycles. The highest BCUT2D eigenvalue weighted by molar-refractivity contribution is 6.15. The molecule has 2 aliphatic rings. The van der Waals surface area contributed by atoms with Crippen molar-refractivity contribution in [3.05, 3.63) is 69.8 Å². The Hall–Kier alpha value is -3.54. The standard InChI is InChI=1S/C18H8O6/c19-15-11-5-3-9(7-13(11)17(21)23-15)1-2-10-4-6-12-14(8-10)18(22)24-16(12)20/h1-8H. The van der Waals surface area contributed by atoms with Gasteiger partial charge in [-0.25, -0.2) is 19.2 Å². The number of fused-ring (bicyclic) bond motifs is 2. The Kier molecular flexibility index (Phi) is 2.93. The minimum atomic E-state index is -0.663. The first-order chi connectivity index (χ1) is 11.5. The van der Waals surface area contributed by atoms with E-state index in [9.17, 15) is 19.2 Å². The fourth-order valence-corrected chi connectivity index (χ4v) is 2.61. The van der Waals surface area contributed by atoms with Crippen LogP contribution >= 0.6 is 0 Å². The second kappa shape index (κ2) is 4.99. The second-order valence-electron chi connectivity index (χ2n) is 5.30. The maximum atomic E-state index is 11.5. The molecule has 0 radical (unpaired) electrons. The van der Waals surface area contributed by atoms with Crippen molar-refractivity contribution in [2.45, 2.75) is 0 Å². The van der Waals surface area contributed by atoms with Gasteiger partial charge < -0.3 is 9.47 Å². The molecule has 0 unspecified atom stereocenters. The summed E-state index contributed by atoms with van der Waals surface area (Å²) in [4.78, 5) is 45.9. The fraction of sp³-hybridized carbons (Fsp3) is 0. The molecule has 0 atom stereocenters. The topological polar surface area (TPSA) is 86.7 Å². The Balaban J connectivity index is 1.65. The van der Waals surface area contributed by atoms with E-state index in [2.05, 4.69) is 9.47 Å². The predicted octanol–water partition coefficient (Wildman–Crippen LogP) is 2.48. The molecule has 116 valence electrons. The molecule has 2 aromatic carbocycles. The van der Waals surface area contributed by atoms with Crippen LogP contribution in [0.1, 0.15) is 52.6 Å². The zero-order chi connectivity index (χ0) is 16.8. The quantitative estimate of drug-likeness (QED) is 0.480. The summed E-state index contributed by atoms with van der Waals surface area (Å²) in [6.45, 7) is 0. The van der Waals surface area contributed by atoms with Crippen molar-refractivity contribution in [3.63, 3.8) is 0 Å². The minimum absolute atomic E-state index is 0.227. The smallest absolute Gasteiger partial charge is 0.346 e. The summed E-state index contributed by atoms with van der Waals surface area (Å²) in [6, 6.07) is 9.54. The Morgan fingerprint density at radius 1 is 0.542 bits per heavy atom. The molecule has 0 saturated heterocycles. The Morgan fingerprint density at radius 2 is 0.917 bits per heavy atom. The highest BCUT2D eigenvalue weighted by atomic mass is 16.6. The molecule has 0 saturated carbocycles. The summed E-state index contributed by atoms with van der Waals surface area (Å²) in [6.07, 6.45) is 3.44. The average molecular weight is 320 g/mol. The van der Waals surface area contributed by atoms with Gasteiger partial charge in [0, 0.05) is 0 Å². The van der Waals surface area contributed by atoms with Gasteiger partial charge >= 0.3 is 23.9 Å². The molecule has 24 heavy (non-hydrogen) atoms. The van der Waals surface area contributed by atoms with E-state index in [4.69, 9.17) is 0 Å². The van der Waals surface area contributed by atoms with E-state index >= 15 is 0 Å². The third-order valence-corrected chi connectivity index (χ3v) is 3.81. The van der Waals surface area contributed by atoms with E-state index in [0.29, 0.717) is 11.1 Å². The summed E-state index contributed by atoms with van der Waals surface area (Å²) >= 11 is 0. The summed E-state index contributed by atoms with van der Waals surface area (Å²) in [5.74, 6) is -2.62. The van der Waals surface area contributed by atoms with E-state index < -0.39 is 23.9 Å². The van der Waals surface area contributed by atoms with Gasteiger partial charge in [0.1, 0.15) is 0 Å². The Bertz CT molecular complexity index is 903. The summed E-state index contributed by atoms with van der Waals surface area (Å²) in [5, 5.41) is 0. The zero-order valence-corrected chi connectivity index (χ0v) is 12.1. The van der Waals surface area contributed by atoms with Crippen LogP contribution in [0.4, 0.5) is 0 Å². The number of esters is 4. The molecule has 2 aliphatic heterocycles. The normalized spacial score (nSPS) is 15.5. The van der Waals surface area contributed by atoms with Gasteiger partial charge in [-0.05, 0) is 35.4 Å². The Labute approximate surface area is 135 Å². The maximum Gasteiger partial charge on any atom is 0.346 e. The fourth-order valence-electron chi connectivity index (χ4n) is 2.61. The van der Waals surface area contributed by atoms with Crippen molar-refractivity contribution in [3.8, 4) is 0 Å². The van der Waals surface area contributed by atoms with E-state index in [1.165, 1.54) is 12.1 Å². The Morgan fingerprint density at radius 3 is 1.33 bits per heavy atom. The van der Waals surface area contributed by atoms with Crippen molar-refractivity contribution >= 4 is 36.0 Å². The molecule has 0 fully saturated rings. The number of benzene rings is 2. The van der Waals surface area contributed by atoms with Crippen LogP contribution in [0.25, 0.3) is 12.2 Å². The van der Waals surface area contributed by atoms with Crippen molar-refractivity contribution in [2.75, 3.05) is 0 Å². The van der Waals surface area contributed by atoms with Gasteiger partial charge in [0.2, 0.25) is 0 Å². The van der Waals surface area contributed by atoms with Crippen LogP contribution in [-0.4, -0.2) is 23.9 Å². The maximum absolute atomic E-state index is 11.5. The molecule has 6 heteroatoms. The van der Waals surface area contributed by atoms with Crippen LogP contribution in [0.3, 0.4) is 0 Å². The van der Waals surface area contributed by atoms with Crippen LogP contribution in [-0.2, 0) is 9.47 Å². The predicted molar refractivity (Wildman–Crippen MR) is 81.3 cm³/mol. The third-order valence-electron chi connectivity index (χ3n) is 3.81. The van der Waals surface area contributed by atoms with E-state index in [1.54, 1.807) is 36.4 Å². The molecule has 2 aromatic rings. The van der Waals surface area contributed by atoms with Crippen molar-refractivity contribution in [1.29, 1.82) is 0 Å². The van der Waals surface area contributed by atoms with E-state index in [-0.39, 0.29) is 22.3 Å². The molecule has 0 amide bonds. The average Bonchev–Trinajstić information content (AvgIpc) is 3.02. The molecule has 0 spiro atoms. The second-order valence-corrected chi connectivity index (χ2v) is 5.30. The third kappa shape index (κ3) is 2.13. The number of carbonyl (C=O) groups is 4. The van der Waals surface area contributed by atoms with Gasteiger partial charge in [-0.15, -0.1) is 0 Å². The van der Waals surface area contributed by atoms with Crippen molar-refractivity contribution in [1.82, 2.24) is 0 Å². The van der Waals surface area contributed by atoms with Crippen molar-refractivity contribution < 1.29 is 28.7 Å². The lowest BCUT2D eigenvalue weighted by Crippen LogP contribution is -1.96. The first-order valence-electron chi connectivity index (χ1n) is 7.02. The van der Waals surface area contributed by atoms with Crippen molar-refractivity contribution in [2.24, 2.45) is 0 Å². The van der Waals surface area contributed by atoms with Crippen LogP contribution in [0.2, 0.25) is 0 Å². The van der Waals surface area contributed by atoms with Gasteiger partial charge in [0.15, 0.2) is 0 Å². The monoisotopic (exact) mass is 320 g/mol. The molecule has 0 N–H and O–H groups in total. The van der Waals surface area contributed by atoms with Gasteiger partial charge in [-0.1, -0.05) is 24.3 Å². The number of hydrogen-bond acceptors (Lipinski definition) is 6. The first kappa shape index (κ1) is 14.1. The number of cyclic esters (lactones) is 4. The van der Waals surface area contributed by atoms with E-state index in [0.717, 1.165) is 0 Å². The largest absolute Gasteiger partial charge is 0.386 e. The van der Waals surface area contributed by atoms with Crippen LogP contribution < -0.4 is 0 Å². The molecular weight excluding hydrogens is 312 g/mol. The lowest BCUT2D eigenvalue weighted by molar-refractivity contribution is 0.0425. The summed E-state index contributed by atoms with van der Waals surface area (Å²) in [5.41, 5.74) is 2.33. The number of rotatable bonds is 2. The van der Waals surface area contributed by atoms with Gasteiger partial charge in [-0.2, -0.15) is 0 Å². The van der Waals surface area contributed by atoms with Gasteiger partial charge in [0.25, 0.3) is 0 Å². The highest BCUT2D eigenvalue weighted by Crippen LogP contribution is 2.24. The highest BCUT2D eigenvalue weighted by Gasteiger charge is 2.30. The molecule has 4 rings (SSSR count). The number of hydrogen-bond donors (Lipinski definition) is 0. The molecule has 6 nitrogen and oxygen atoms in total. The van der Waals surface area contributed by atoms with Crippen LogP contribution in [0.5, 0.6) is 0 Å². The zero-order valence-electron chi connectivity index (χ0n) is 12.1. The molecule has 0 aliphatic carbocycles. The summed E-state index contributed by atoms with van der Waals surface area (Å²) in [7, 11) is 0. The number of ether oxygens (including phenoxy) is 2. The van der Waals surface area contributed by atoms with Crippen LogP contribution in [0, 0.1) is 0 Å². The lowest BCUT2D eigenvalue weighted by atomic mass is 10.0. The van der Waals surface area contributed by atoms with E-state index in [1.807, 2.05) is 0 Å². The van der Waals surface area contributed by atoms with Crippen LogP contribution in [0.15, 0.2) is 36.4 Å². The molecular formula is C18H8O6. The minimum Gasteiger partial charge on any atom is -0.386 e. The van der Waals surface area contributed by atoms with Gasteiger partial charge in [0.05, 0.1) is 22.3 Å². The molecule has 0 aromatic heterocycles. The van der Waals surface area contributed by atoms with Gasteiger partial charge in [-0.3, -0.25) is 0 Å². The lowest BCUT2D eigenvalue weighted by Gasteiger charge is -1.98. The molecule has 0 bridgehead atoms.